The standard InChI is InChI=1S/C28H31Cl2F3N6O/c1-39-22-9-19(27-10-16(27)12-35-13-27)18(25(40)36-17-5-3-15(4-6-17)28(31,32)33)8-21(22)37-26(39)38-24-20(29)7-2-14(11-34)23(24)30/h2,7-9,15-17,35H,3-6,10-13,34H2,1H3,(H,36,40)(H,37,38)/t15?,16-,17?,27+/m1/s1. The van der Waals surface area contributed by atoms with Crippen LogP contribution in [0.2, 0.25) is 10.0 Å². The number of nitrogens with one attached hydrogen (secondary N) is 3. The molecule has 2 heterocycles. The molecule has 0 radical (unpaired) electrons. The van der Waals surface area contributed by atoms with E-state index < -0.39 is 12.1 Å². The first-order valence-corrected chi connectivity index (χ1v) is 14.3. The molecule has 1 aliphatic heterocycles. The zero-order chi connectivity index (χ0) is 28.4. The topological polar surface area (TPSA) is 97.0 Å². The van der Waals surface area contributed by atoms with Crippen molar-refractivity contribution in [2.45, 2.75) is 56.3 Å². The molecular formula is C28H31Cl2F3N6O. The van der Waals surface area contributed by atoms with E-state index in [4.69, 9.17) is 33.9 Å². The molecule has 2 saturated carbocycles. The van der Waals surface area contributed by atoms with Crippen molar-refractivity contribution in [2.24, 2.45) is 24.6 Å². The first-order valence-electron chi connectivity index (χ1n) is 13.5. The van der Waals surface area contributed by atoms with Gasteiger partial charge < -0.3 is 26.3 Å². The van der Waals surface area contributed by atoms with Crippen LogP contribution in [0.5, 0.6) is 0 Å². The number of piperidine rings is 1. The third-order valence-corrected chi connectivity index (χ3v) is 9.76. The van der Waals surface area contributed by atoms with E-state index in [1.807, 2.05) is 17.7 Å². The quantitative estimate of drug-likeness (QED) is 0.289. The molecule has 1 amide bonds. The molecule has 5 N–H and O–H groups in total. The number of alkyl halides is 3. The number of hydrogen-bond acceptors (Lipinski definition) is 5. The van der Waals surface area contributed by atoms with Crippen molar-refractivity contribution in [3.8, 4) is 0 Å². The Bertz CT molecular complexity index is 1480. The summed E-state index contributed by atoms with van der Waals surface area (Å²) in [6.07, 6.45) is -2.52. The average Bonchev–Trinajstić information content (AvgIpc) is 3.33. The van der Waals surface area contributed by atoms with E-state index in [0.29, 0.717) is 51.5 Å². The highest BCUT2D eigenvalue weighted by Crippen LogP contribution is 2.57. The summed E-state index contributed by atoms with van der Waals surface area (Å²) in [5, 5.41) is 10.6. The molecule has 6 rings (SSSR count). The number of aromatic nitrogens is 2. The van der Waals surface area contributed by atoms with Crippen LogP contribution in [0.15, 0.2) is 24.3 Å². The van der Waals surface area contributed by atoms with Gasteiger partial charge in [0, 0.05) is 37.2 Å². The van der Waals surface area contributed by atoms with Gasteiger partial charge in [-0.15, -0.1) is 0 Å². The second-order valence-electron chi connectivity index (χ2n) is 11.4. The second kappa shape index (κ2) is 10.1. The number of nitrogens with two attached hydrogens (primary N) is 1. The number of halogens is 5. The molecule has 0 spiro atoms. The number of anilines is 2. The van der Waals surface area contributed by atoms with Gasteiger partial charge in [-0.25, -0.2) is 4.98 Å². The molecule has 7 nitrogen and oxygen atoms in total. The van der Waals surface area contributed by atoms with Crippen molar-refractivity contribution >= 4 is 51.8 Å². The fourth-order valence-electron chi connectivity index (χ4n) is 6.52. The fourth-order valence-corrected chi connectivity index (χ4v) is 7.06. The minimum atomic E-state index is -4.19. The second-order valence-corrected chi connectivity index (χ2v) is 12.1. The summed E-state index contributed by atoms with van der Waals surface area (Å²) in [6.45, 7) is 1.93. The molecule has 1 aromatic heterocycles. The Labute approximate surface area is 240 Å². The molecule has 40 heavy (non-hydrogen) atoms. The molecule has 3 aliphatic rings. The lowest BCUT2D eigenvalue weighted by Gasteiger charge is -2.30. The Hall–Kier alpha value is -2.53. The molecule has 2 aromatic carbocycles. The predicted molar refractivity (Wildman–Crippen MR) is 150 cm³/mol. The van der Waals surface area contributed by atoms with Crippen molar-refractivity contribution in [3.05, 3.63) is 51.0 Å². The van der Waals surface area contributed by atoms with E-state index in [9.17, 15) is 18.0 Å². The van der Waals surface area contributed by atoms with Gasteiger partial charge in [0.15, 0.2) is 0 Å². The molecule has 0 bridgehead atoms. The van der Waals surface area contributed by atoms with Crippen molar-refractivity contribution in [2.75, 3.05) is 18.4 Å². The number of nitrogens with zero attached hydrogens (tertiary/aromatic N) is 2. The normalized spacial score (nSPS) is 26.1. The third kappa shape index (κ3) is 4.72. The van der Waals surface area contributed by atoms with Gasteiger partial charge in [-0.2, -0.15) is 13.2 Å². The van der Waals surface area contributed by atoms with Crippen LogP contribution in [0.4, 0.5) is 24.8 Å². The molecule has 1 saturated heterocycles. The van der Waals surface area contributed by atoms with Gasteiger partial charge in [-0.3, -0.25) is 4.79 Å². The van der Waals surface area contributed by atoms with Crippen LogP contribution in [-0.4, -0.2) is 40.8 Å². The van der Waals surface area contributed by atoms with Crippen LogP contribution in [0.1, 0.15) is 53.6 Å². The summed E-state index contributed by atoms with van der Waals surface area (Å²) >= 11 is 13.0. The van der Waals surface area contributed by atoms with E-state index in [1.54, 1.807) is 18.2 Å². The molecule has 214 valence electrons. The number of aryl methyl sites for hydroxylation is 1. The van der Waals surface area contributed by atoms with Gasteiger partial charge in [0.25, 0.3) is 5.91 Å². The van der Waals surface area contributed by atoms with E-state index in [2.05, 4.69) is 16.0 Å². The Morgan fingerprint density at radius 1 is 1.23 bits per heavy atom. The summed E-state index contributed by atoms with van der Waals surface area (Å²) in [5.41, 5.74) is 9.86. The van der Waals surface area contributed by atoms with E-state index in [0.717, 1.165) is 36.2 Å². The molecule has 3 aromatic rings. The highest BCUT2D eigenvalue weighted by atomic mass is 35.5. The number of hydrogen-bond donors (Lipinski definition) is 4. The van der Waals surface area contributed by atoms with Crippen LogP contribution in [0, 0.1) is 11.8 Å². The molecule has 3 fully saturated rings. The molecule has 2 atom stereocenters. The summed E-state index contributed by atoms with van der Waals surface area (Å²) in [4.78, 5) is 18.4. The van der Waals surface area contributed by atoms with E-state index in [1.165, 1.54) is 0 Å². The first kappa shape index (κ1) is 27.6. The molecular weight excluding hydrogens is 564 g/mol. The van der Waals surface area contributed by atoms with Crippen LogP contribution < -0.4 is 21.7 Å². The Morgan fingerprint density at radius 3 is 2.60 bits per heavy atom. The summed E-state index contributed by atoms with van der Waals surface area (Å²) in [7, 11) is 1.88. The number of amides is 1. The average molecular weight is 595 g/mol. The van der Waals surface area contributed by atoms with Gasteiger partial charge in [0.2, 0.25) is 5.95 Å². The van der Waals surface area contributed by atoms with Crippen LogP contribution in [0.25, 0.3) is 11.0 Å². The van der Waals surface area contributed by atoms with E-state index in [-0.39, 0.29) is 36.8 Å². The van der Waals surface area contributed by atoms with Crippen molar-refractivity contribution in [1.29, 1.82) is 0 Å². The zero-order valence-electron chi connectivity index (χ0n) is 22.0. The summed E-state index contributed by atoms with van der Waals surface area (Å²) in [6, 6.07) is 7.05. The number of rotatable bonds is 6. The van der Waals surface area contributed by atoms with E-state index >= 15 is 0 Å². The van der Waals surface area contributed by atoms with Gasteiger partial charge >= 0.3 is 6.18 Å². The maximum Gasteiger partial charge on any atom is 0.391 e. The minimum absolute atomic E-state index is 0.0298. The Kier molecular flexibility index (Phi) is 6.96. The molecule has 2 aliphatic carbocycles. The monoisotopic (exact) mass is 594 g/mol. The van der Waals surface area contributed by atoms with Gasteiger partial charge in [-0.1, -0.05) is 29.3 Å². The third-order valence-electron chi connectivity index (χ3n) is 9.02. The number of imidazole rings is 1. The summed E-state index contributed by atoms with van der Waals surface area (Å²) < 4.78 is 41.3. The SMILES string of the molecule is Cn1c(Nc2c(Cl)ccc(CN)c2Cl)nc2cc(C(=O)NC3CCC(C(F)(F)F)CC3)c([C@@]34CNC[C@H]3C4)cc21. The first-order chi connectivity index (χ1) is 19.0. The van der Waals surface area contributed by atoms with Gasteiger partial charge in [-0.05, 0) is 73.9 Å². The Morgan fingerprint density at radius 2 is 1.98 bits per heavy atom. The highest BCUT2D eigenvalue weighted by Gasteiger charge is 2.59. The van der Waals surface area contributed by atoms with Crippen molar-refractivity contribution in [3.63, 3.8) is 0 Å². The number of carbonyl (C=O) groups is 1. The smallest absolute Gasteiger partial charge is 0.349 e. The van der Waals surface area contributed by atoms with Gasteiger partial charge in [0.1, 0.15) is 0 Å². The molecule has 0 unspecified atom stereocenters. The van der Waals surface area contributed by atoms with Gasteiger partial charge in [0.05, 0.1) is 32.7 Å². The summed E-state index contributed by atoms with van der Waals surface area (Å²) in [5.74, 6) is -0.617. The fraction of sp³-hybridized carbons (Fsp3) is 0.500. The largest absolute Gasteiger partial charge is 0.391 e. The number of carbonyl (C=O) groups excluding carboxylic acids is 1. The Balaban J connectivity index is 1.33. The van der Waals surface area contributed by atoms with Crippen molar-refractivity contribution < 1.29 is 18.0 Å². The van der Waals surface area contributed by atoms with Crippen LogP contribution in [0.3, 0.4) is 0 Å². The van der Waals surface area contributed by atoms with Crippen LogP contribution in [-0.2, 0) is 19.0 Å². The van der Waals surface area contributed by atoms with Crippen LogP contribution >= 0.6 is 23.2 Å². The highest BCUT2D eigenvalue weighted by molar-refractivity contribution is 6.39. The van der Waals surface area contributed by atoms with Crippen molar-refractivity contribution in [1.82, 2.24) is 20.2 Å². The lowest BCUT2D eigenvalue weighted by Crippen LogP contribution is -2.40. The molecule has 12 heteroatoms. The lowest BCUT2D eigenvalue weighted by atomic mass is 9.85. The number of benzene rings is 2. The zero-order valence-corrected chi connectivity index (χ0v) is 23.5. The minimum Gasteiger partial charge on any atom is -0.349 e. The number of fused-ring (bicyclic) bond motifs is 2. The predicted octanol–water partition coefficient (Wildman–Crippen LogP) is 5.79. The maximum atomic E-state index is 13.7. The lowest BCUT2D eigenvalue weighted by molar-refractivity contribution is -0.182. The maximum absolute atomic E-state index is 13.7.